The third-order valence-electron chi connectivity index (χ3n) is 5.70. The van der Waals surface area contributed by atoms with Gasteiger partial charge >= 0.3 is 6.03 Å². The number of nitrogens with one attached hydrogen (secondary N) is 1. The summed E-state index contributed by atoms with van der Waals surface area (Å²) in [6, 6.07) is 15.3. The quantitative estimate of drug-likeness (QED) is 0.264. The summed E-state index contributed by atoms with van der Waals surface area (Å²) in [4.78, 5) is 38.9. The molecule has 0 aliphatic carbocycles. The van der Waals surface area contributed by atoms with Crippen molar-refractivity contribution in [3.05, 3.63) is 107 Å². The second-order valence-electron chi connectivity index (χ2n) is 8.42. The summed E-state index contributed by atoms with van der Waals surface area (Å²) in [5, 5.41) is 2.16. The van der Waals surface area contributed by atoms with Gasteiger partial charge in [0.2, 0.25) is 0 Å². The Labute approximate surface area is 213 Å². The number of nitrogens with zero attached hydrogens (tertiary/aromatic N) is 1. The SMILES string of the molecule is C=CCc1cc(/C=C2\C(=O)NC(=O)N(c3ccc(F)cc3)C2=O)cc(OC)c1OCc1cccc(C)c1. The fourth-order valence-corrected chi connectivity index (χ4v) is 4.00. The summed E-state index contributed by atoms with van der Waals surface area (Å²) in [6.45, 7) is 6.13. The fraction of sp³-hybridized carbons (Fsp3) is 0.138. The number of imide groups is 2. The van der Waals surface area contributed by atoms with Crippen molar-refractivity contribution in [1.29, 1.82) is 0 Å². The average Bonchev–Trinajstić information content (AvgIpc) is 2.87. The number of ether oxygens (including phenoxy) is 2. The number of halogens is 1. The maximum absolute atomic E-state index is 13.3. The minimum absolute atomic E-state index is 0.132. The second kappa shape index (κ2) is 10.9. The van der Waals surface area contributed by atoms with Gasteiger partial charge in [0.05, 0.1) is 12.8 Å². The minimum Gasteiger partial charge on any atom is -0.493 e. The lowest BCUT2D eigenvalue weighted by atomic mass is 10.0. The third-order valence-corrected chi connectivity index (χ3v) is 5.70. The van der Waals surface area contributed by atoms with Crippen LogP contribution in [0.25, 0.3) is 6.08 Å². The van der Waals surface area contributed by atoms with Gasteiger partial charge in [-0.2, -0.15) is 0 Å². The number of anilines is 1. The molecule has 1 aliphatic heterocycles. The van der Waals surface area contributed by atoms with Crippen molar-refractivity contribution in [3.63, 3.8) is 0 Å². The number of barbiturate groups is 1. The number of benzene rings is 3. The molecule has 1 saturated heterocycles. The Kier molecular flexibility index (Phi) is 7.48. The highest BCUT2D eigenvalue weighted by atomic mass is 19.1. The number of allylic oxidation sites excluding steroid dienone is 1. The van der Waals surface area contributed by atoms with Crippen LogP contribution in [-0.2, 0) is 22.6 Å². The molecule has 188 valence electrons. The molecule has 1 aliphatic rings. The van der Waals surface area contributed by atoms with E-state index < -0.39 is 23.7 Å². The highest BCUT2D eigenvalue weighted by Gasteiger charge is 2.36. The molecule has 1 N–H and O–H groups in total. The Morgan fingerprint density at radius 2 is 1.81 bits per heavy atom. The van der Waals surface area contributed by atoms with E-state index in [0.29, 0.717) is 30.1 Å². The third kappa shape index (κ3) is 5.59. The molecule has 3 aromatic rings. The molecular formula is C29H25FN2O5. The summed E-state index contributed by atoms with van der Waals surface area (Å²) in [7, 11) is 1.50. The molecule has 0 spiro atoms. The number of carbonyl (C=O) groups excluding carboxylic acids is 3. The van der Waals surface area contributed by atoms with Crippen molar-refractivity contribution in [1.82, 2.24) is 5.32 Å². The molecule has 0 bridgehead atoms. The molecule has 3 aromatic carbocycles. The first kappa shape index (κ1) is 25.4. The molecule has 8 heteroatoms. The van der Waals surface area contributed by atoms with Gasteiger partial charge in [-0.05, 0) is 66.9 Å². The van der Waals surface area contributed by atoms with Gasteiger partial charge < -0.3 is 9.47 Å². The summed E-state index contributed by atoms with van der Waals surface area (Å²) in [5.41, 5.74) is 3.21. The lowest BCUT2D eigenvalue weighted by Crippen LogP contribution is -2.54. The van der Waals surface area contributed by atoms with Crippen LogP contribution in [0, 0.1) is 12.7 Å². The zero-order valence-electron chi connectivity index (χ0n) is 20.4. The number of urea groups is 1. The lowest BCUT2D eigenvalue weighted by Gasteiger charge is -2.26. The van der Waals surface area contributed by atoms with Crippen molar-refractivity contribution in [3.8, 4) is 11.5 Å². The average molecular weight is 501 g/mol. The highest BCUT2D eigenvalue weighted by Crippen LogP contribution is 2.35. The fourth-order valence-electron chi connectivity index (χ4n) is 4.00. The Morgan fingerprint density at radius 1 is 1.05 bits per heavy atom. The van der Waals surface area contributed by atoms with Crippen molar-refractivity contribution in [2.24, 2.45) is 0 Å². The largest absolute Gasteiger partial charge is 0.493 e. The van der Waals surface area contributed by atoms with E-state index in [-0.39, 0.29) is 11.3 Å². The van der Waals surface area contributed by atoms with Gasteiger partial charge in [-0.3, -0.25) is 14.9 Å². The van der Waals surface area contributed by atoms with Crippen LogP contribution in [0.1, 0.15) is 22.3 Å². The molecule has 1 fully saturated rings. The van der Waals surface area contributed by atoms with Crippen LogP contribution in [0.4, 0.5) is 14.9 Å². The maximum Gasteiger partial charge on any atom is 0.335 e. The van der Waals surface area contributed by atoms with E-state index in [9.17, 15) is 18.8 Å². The maximum atomic E-state index is 13.3. The predicted molar refractivity (Wildman–Crippen MR) is 138 cm³/mol. The van der Waals surface area contributed by atoms with Crippen LogP contribution in [0.15, 0.2) is 78.9 Å². The topological polar surface area (TPSA) is 84.9 Å². The first-order valence-electron chi connectivity index (χ1n) is 11.5. The molecule has 0 aromatic heterocycles. The van der Waals surface area contributed by atoms with Gasteiger partial charge in [0.15, 0.2) is 11.5 Å². The Hall–Kier alpha value is -4.72. The van der Waals surface area contributed by atoms with Crippen LogP contribution in [-0.4, -0.2) is 25.0 Å². The zero-order valence-corrected chi connectivity index (χ0v) is 20.4. The smallest absolute Gasteiger partial charge is 0.335 e. The first-order valence-corrected chi connectivity index (χ1v) is 11.5. The number of aryl methyl sites for hydroxylation is 1. The molecule has 1 heterocycles. The molecule has 4 rings (SSSR count). The standard InChI is InChI=1S/C29H25FN2O5/c1-4-6-21-14-20(16-25(36-3)26(21)37-17-19-8-5-7-18(2)13-19)15-24-27(33)31-29(35)32(28(24)34)23-11-9-22(30)10-12-23/h4-5,7-16H,1,6,17H2,2-3H3,(H,31,33,35)/b24-15+. The molecule has 37 heavy (non-hydrogen) atoms. The van der Waals surface area contributed by atoms with Crippen LogP contribution in [0.2, 0.25) is 0 Å². The van der Waals surface area contributed by atoms with Crippen LogP contribution in [0.3, 0.4) is 0 Å². The number of carbonyl (C=O) groups is 3. The van der Waals surface area contributed by atoms with Gasteiger partial charge in [0.25, 0.3) is 11.8 Å². The van der Waals surface area contributed by atoms with E-state index in [0.717, 1.165) is 33.7 Å². The first-order chi connectivity index (χ1) is 17.8. The van der Waals surface area contributed by atoms with E-state index in [1.54, 1.807) is 18.2 Å². The van der Waals surface area contributed by atoms with Gasteiger partial charge in [0.1, 0.15) is 18.0 Å². The molecule has 0 radical (unpaired) electrons. The monoisotopic (exact) mass is 500 g/mol. The summed E-state index contributed by atoms with van der Waals surface area (Å²) in [5.74, 6) is -1.25. The van der Waals surface area contributed by atoms with Crippen molar-refractivity contribution >= 4 is 29.6 Å². The number of rotatable bonds is 8. The molecule has 7 nitrogen and oxygen atoms in total. The normalized spacial score (nSPS) is 14.5. The van der Waals surface area contributed by atoms with E-state index in [1.807, 2.05) is 31.2 Å². The van der Waals surface area contributed by atoms with Crippen molar-refractivity contribution in [2.45, 2.75) is 20.0 Å². The number of amides is 4. The van der Waals surface area contributed by atoms with Gasteiger partial charge in [-0.25, -0.2) is 14.1 Å². The Balaban J connectivity index is 1.69. The van der Waals surface area contributed by atoms with Gasteiger partial charge in [-0.1, -0.05) is 35.9 Å². The van der Waals surface area contributed by atoms with Crippen molar-refractivity contribution in [2.75, 3.05) is 12.0 Å². The molecule has 4 amide bonds. The number of hydrogen-bond acceptors (Lipinski definition) is 5. The van der Waals surface area contributed by atoms with E-state index >= 15 is 0 Å². The molecule has 0 unspecified atom stereocenters. The van der Waals surface area contributed by atoms with E-state index in [1.165, 1.54) is 25.3 Å². The van der Waals surface area contributed by atoms with Gasteiger partial charge in [-0.15, -0.1) is 6.58 Å². The summed E-state index contributed by atoms with van der Waals surface area (Å²) < 4.78 is 25.0. The Bertz CT molecular complexity index is 1410. The molecule has 0 atom stereocenters. The lowest BCUT2D eigenvalue weighted by molar-refractivity contribution is -0.122. The molecule has 0 saturated carbocycles. The van der Waals surface area contributed by atoms with Crippen LogP contribution in [0.5, 0.6) is 11.5 Å². The summed E-state index contributed by atoms with van der Waals surface area (Å²) >= 11 is 0. The zero-order chi connectivity index (χ0) is 26.5. The Morgan fingerprint density at radius 3 is 2.49 bits per heavy atom. The summed E-state index contributed by atoms with van der Waals surface area (Å²) in [6.07, 6.45) is 3.52. The van der Waals surface area contributed by atoms with Crippen LogP contribution >= 0.6 is 0 Å². The second-order valence-corrected chi connectivity index (χ2v) is 8.42. The van der Waals surface area contributed by atoms with E-state index in [4.69, 9.17) is 9.47 Å². The van der Waals surface area contributed by atoms with Gasteiger partial charge in [0, 0.05) is 5.56 Å². The van der Waals surface area contributed by atoms with Crippen molar-refractivity contribution < 1.29 is 28.2 Å². The highest BCUT2D eigenvalue weighted by molar-refractivity contribution is 6.39. The number of hydrogen-bond donors (Lipinski definition) is 1. The van der Waals surface area contributed by atoms with Crippen LogP contribution < -0.4 is 19.7 Å². The van der Waals surface area contributed by atoms with E-state index in [2.05, 4.69) is 11.9 Å². The number of methoxy groups -OCH3 is 1. The predicted octanol–water partition coefficient (Wildman–Crippen LogP) is 5.12. The molecular weight excluding hydrogens is 475 g/mol. The minimum atomic E-state index is -0.913.